The second-order valence-corrected chi connectivity index (χ2v) is 9.35. The highest BCUT2D eigenvalue weighted by atomic mass is 35.5. The van der Waals surface area contributed by atoms with Crippen LogP contribution in [0.2, 0.25) is 10.0 Å². The molecule has 0 aromatic heterocycles. The third-order valence-corrected chi connectivity index (χ3v) is 6.95. The van der Waals surface area contributed by atoms with E-state index in [4.69, 9.17) is 23.2 Å². The van der Waals surface area contributed by atoms with Gasteiger partial charge < -0.3 is 9.69 Å². The maximum Gasteiger partial charge on any atom is 0.229 e. The van der Waals surface area contributed by atoms with Crippen molar-refractivity contribution < 1.29 is 9.59 Å². The van der Waals surface area contributed by atoms with Crippen LogP contribution in [0.3, 0.4) is 0 Å². The zero-order valence-corrected chi connectivity index (χ0v) is 19.3. The number of nitrogens with zero attached hydrogens (tertiary/aromatic N) is 1. The number of halogens is 2. The number of likely N-dealkylation sites (tertiary alicyclic amines) is 1. The minimum atomic E-state index is -0.736. The lowest BCUT2D eigenvalue weighted by atomic mass is 9.67. The van der Waals surface area contributed by atoms with Gasteiger partial charge in [-0.2, -0.15) is 0 Å². The maximum absolute atomic E-state index is 13.8. The van der Waals surface area contributed by atoms with Crippen molar-refractivity contribution in [2.75, 3.05) is 0 Å². The number of piperidine rings is 1. The molecule has 0 radical (unpaired) electrons. The van der Waals surface area contributed by atoms with Gasteiger partial charge in [0, 0.05) is 28.4 Å². The highest BCUT2D eigenvalue weighted by molar-refractivity contribution is 6.30. The van der Waals surface area contributed by atoms with Gasteiger partial charge in [0.1, 0.15) is 6.29 Å². The van der Waals surface area contributed by atoms with Crippen LogP contribution in [-0.2, 0) is 9.59 Å². The number of carbonyl (C=O) groups excluding carboxylic acids is 2. The first-order valence-electron chi connectivity index (χ1n) is 10.6. The Bertz CT molecular complexity index is 894. The summed E-state index contributed by atoms with van der Waals surface area (Å²) in [4.78, 5) is 27.4. The quantitative estimate of drug-likeness (QED) is 0.437. The van der Waals surface area contributed by atoms with Gasteiger partial charge in [-0.05, 0) is 54.7 Å². The van der Waals surface area contributed by atoms with E-state index in [9.17, 15) is 9.59 Å². The van der Waals surface area contributed by atoms with Gasteiger partial charge in [-0.1, -0.05) is 68.2 Å². The van der Waals surface area contributed by atoms with Crippen LogP contribution in [0.1, 0.15) is 69.5 Å². The fourth-order valence-electron chi connectivity index (χ4n) is 4.84. The van der Waals surface area contributed by atoms with Gasteiger partial charge in [0.25, 0.3) is 0 Å². The van der Waals surface area contributed by atoms with E-state index in [1.165, 1.54) is 0 Å². The number of amides is 1. The summed E-state index contributed by atoms with van der Waals surface area (Å²) in [6, 6.07) is 15.6. The van der Waals surface area contributed by atoms with Gasteiger partial charge in [-0.25, -0.2) is 0 Å². The molecule has 0 spiro atoms. The van der Waals surface area contributed by atoms with Crippen LogP contribution in [0, 0.1) is 5.41 Å². The molecule has 1 saturated heterocycles. The van der Waals surface area contributed by atoms with E-state index < -0.39 is 5.41 Å². The van der Waals surface area contributed by atoms with Crippen LogP contribution in [0.25, 0.3) is 0 Å². The molecule has 1 aliphatic heterocycles. The first kappa shape index (κ1) is 22.8. The highest BCUT2D eigenvalue weighted by Crippen LogP contribution is 2.52. The summed E-state index contributed by atoms with van der Waals surface area (Å²) in [5.41, 5.74) is 1.40. The normalized spacial score (nSPS) is 24.3. The Morgan fingerprint density at radius 1 is 1.07 bits per heavy atom. The van der Waals surface area contributed by atoms with Crippen molar-refractivity contribution >= 4 is 35.4 Å². The molecule has 5 heteroatoms. The van der Waals surface area contributed by atoms with Crippen molar-refractivity contribution in [3.63, 3.8) is 0 Å². The number of hydrogen-bond donors (Lipinski definition) is 0. The number of carbonyl (C=O) groups is 2. The van der Waals surface area contributed by atoms with Crippen molar-refractivity contribution in [1.82, 2.24) is 4.90 Å². The summed E-state index contributed by atoms with van der Waals surface area (Å²) in [5.74, 6) is 0.0784. The average Bonchev–Trinajstić information content (AvgIpc) is 2.73. The third kappa shape index (κ3) is 4.43. The molecule has 0 saturated carbocycles. The molecule has 0 aliphatic carbocycles. The number of benzene rings is 2. The number of hydrogen-bond acceptors (Lipinski definition) is 2. The largest absolute Gasteiger partial charge is 0.332 e. The van der Waals surface area contributed by atoms with Gasteiger partial charge in [-0.3, -0.25) is 4.79 Å². The van der Waals surface area contributed by atoms with Crippen LogP contribution in [0.4, 0.5) is 0 Å². The molecule has 1 heterocycles. The van der Waals surface area contributed by atoms with Crippen LogP contribution in [0.15, 0.2) is 48.5 Å². The topological polar surface area (TPSA) is 37.4 Å². The fraction of sp³-hybridized carbons (Fsp3) is 0.440. The summed E-state index contributed by atoms with van der Waals surface area (Å²) in [6.45, 7) is 6.15. The molecule has 3 nitrogen and oxygen atoms in total. The Morgan fingerprint density at radius 3 is 2.30 bits per heavy atom. The monoisotopic (exact) mass is 445 g/mol. The van der Waals surface area contributed by atoms with E-state index in [0.29, 0.717) is 16.5 Å². The van der Waals surface area contributed by atoms with Gasteiger partial charge in [0.05, 0.1) is 11.5 Å². The maximum atomic E-state index is 13.8. The molecule has 3 unspecified atom stereocenters. The lowest BCUT2D eigenvalue weighted by molar-refractivity contribution is -0.156. The van der Waals surface area contributed by atoms with Gasteiger partial charge >= 0.3 is 0 Å². The van der Waals surface area contributed by atoms with E-state index in [0.717, 1.165) is 30.3 Å². The van der Waals surface area contributed by atoms with E-state index in [2.05, 4.69) is 19.9 Å². The molecule has 3 atom stereocenters. The minimum absolute atomic E-state index is 0.0214. The predicted molar refractivity (Wildman–Crippen MR) is 123 cm³/mol. The van der Waals surface area contributed by atoms with Crippen LogP contribution < -0.4 is 0 Å². The molecule has 2 aromatic rings. The number of aldehydes is 1. The Balaban J connectivity index is 2.22. The van der Waals surface area contributed by atoms with E-state index in [1.807, 2.05) is 54.3 Å². The van der Waals surface area contributed by atoms with Gasteiger partial charge in [0.15, 0.2) is 0 Å². The third-order valence-electron chi connectivity index (χ3n) is 6.46. The molecule has 30 heavy (non-hydrogen) atoms. The zero-order valence-electron chi connectivity index (χ0n) is 17.8. The van der Waals surface area contributed by atoms with E-state index in [1.54, 1.807) is 0 Å². The SMILES string of the molecule is CCC(CC)N1C(=O)C(C)(CC=O)CC(c2cccc(Cl)c2)C1c1ccc(Cl)cc1. The molecule has 1 fully saturated rings. The van der Waals surface area contributed by atoms with Crippen LogP contribution >= 0.6 is 23.2 Å². The molecule has 0 N–H and O–H groups in total. The van der Waals surface area contributed by atoms with E-state index in [-0.39, 0.29) is 30.3 Å². The summed E-state index contributed by atoms with van der Waals surface area (Å²) in [5, 5.41) is 1.34. The minimum Gasteiger partial charge on any atom is -0.332 e. The second-order valence-electron chi connectivity index (χ2n) is 8.48. The van der Waals surface area contributed by atoms with Crippen molar-refractivity contribution in [3.8, 4) is 0 Å². The lowest BCUT2D eigenvalue weighted by Crippen LogP contribution is -2.55. The predicted octanol–water partition coefficient (Wildman–Crippen LogP) is 6.83. The molecule has 1 amide bonds. The Morgan fingerprint density at radius 2 is 1.73 bits per heavy atom. The first-order valence-corrected chi connectivity index (χ1v) is 11.4. The van der Waals surface area contributed by atoms with Crippen molar-refractivity contribution in [2.45, 2.75) is 64.5 Å². The Labute approximate surface area is 189 Å². The van der Waals surface area contributed by atoms with Crippen molar-refractivity contribution in [3.05, 3.63) is 69.7 Å². The smallest absolute Gasteiger partial charge is 0.229 e. The highest BCUT2D eigenvalue weighted by Gasteiger charge is 2.50. The average molecular weight is 446 g/mol. The standard InChI is InChI=1S/C25H29Cl2NO2/c1-4-21(5-2)28-23(17-9-11-19(26)12-10-17)22(18-7-6-8-20(27)15-18)16-25(3,13-14-29)24(28)30/h6-12,14-15,21-23H,4-5,13,16H2,1-3H3. The number of rotatable bonds is 7. The zero-order chi connectivity index (χ0) is 21.9. The Kier molecular flexibility index (Phi) is 7.26. The Hall–Kier alpha value is -1.84. The molecule has 1 aliphatic rings. The summed E-state index contributed by atoms with van der Waals surface area (Å²) in [7, 11) is 0. The van der Waals surface area contributed by atoms with Gasteiger partial charge in [0.2, 0.25) is 5.91 Å². The fourth-order valence-corrected chi connectivity index (χ4v) is 5.16. The van der Waals surface area contributed by atoms with E-state index >= 15 is 0 Å². The molecule has 0 bridgehead atoms. The molecule has 3 rings (SSSR count). The molecular formula is C25H29Cl2NO2. The summed E-state index contributed by atoms with van der Waals surface area (Å²) >= 11 is 12.5. The van der Waals surface area contributed by atoms with Crippen LogP contribution in [0.5, 0.6) is 0 Å². The first-order chi connectivity index (χ1) is 14.3. The lowest BCUT2D eigenvalue weighted by Gasteiger charge is -2.51. The van der Waals surface area contributed by atoms with Gasteiger partial charge in [-0.15, -0.1) is 0 Å². The summed E-state index contributed by atoms with van der Waals surface area (Å²) in [6.07, 6.45) is 3.39. The molecule has 160 valence electrons. The molecular weight excluding hydrogens is 417 g/mol. The molecule has 2 aromatic carbocycles. The second kappa shape index (κ2) is 9.53. The van der Waals surface area contributed by atoms with Crippen molar-refractivity contribution in [1.29, 1.82) is 0 Å². The summed E-state index contributed by atoms with van der Waals surface area (Å²) < 4.78 is 0. The van der Waals surface area contributed by atoms with Crippen molar-refractivity contribution in [2.24, 2.45) is 5.41 Å². The van der Waals surface area contributed by atoms with Crippen LogP contribution in [-0.4, -0.2) is 23.1 Å².